The van der Waals surface area contributed by atoms with Crippen molar-refractivity contribution in [2.45, 2.75) is 38.0 Å². The van der Waals surface area contributed by atoms with Gasteiger partial charge in [0.1, 0.15) is 0 Å². The lowest BCUT2D eigenvalue weighted by Gasteiger charge is -2.30. The molecule has 0 heterocycles. The van der Waals surface area contributed by atoms with Crippen molar-refractivity contribution in [1.82, 2.24) is 5.32 Å². The standard InChI is InChI=1S/C8H17NO2/c1-9-7(8(10)11)5-6-3-2-4-6/h6-11H,2-5H2,1H3/t7-/m0/s1. The van der Waals surface area contributed by atoms with Crippen LogP contribution >= 0.6 is 0 Å². The minimum atomic E-state index is -1.21. The van der Waals surface area contributed by atoms with Crippen molar-refractivity contribution in [3.05, 3.63) is 0 Å². The first-order chi connectivity index (χ1) is 5.24. The molecule has 1 saturated carbocycles. The number of rotatable bonds is 4. The Kier molecular flexibility index (Phi) is 3.30. The first kappa shape index (κ1) is 8.97. The Balaban J connectivity index is 2.19. The molecule has 0 aromatic carbocycles. The molecule has 0 aromatic rings. The normalized spacial score (nSPS) is 21.8. The third-order valence-corrected chi connectivity index (χ3v) is 2.54. The summed E-state index contributed by atoms with van der Waals surface area (Å²) in [7, 11) is 1.77. The Morgan fingerprint density at radius 2 is 2.09 bits per heavy atom. The van der Waals surface area contributed by atoms with E-state index in [0.29, 0.717) is 5.92 Å². The van der Waals surface area contributed by atoms with E-state index in [1.54, 1.807) is 7.05 Å². The molecule has 0 aromatic heterocycles. The van der Waals surface area contributed by atoms with E-state index < -0.39 is 6.29 Å². The van der Waals surface area contributed by atoms with E-state index >= 15 is 0 Å². The summed E-state index contributed by atoms with van der Waals surface area (Å²) in [6.45, 7) is 0. The summed E-state index contributed by atoms with van der Waals surface area (Å²) in [5.41, 5.74) is 0. The van der Waals surface area contributed by atoms with Crippen LogP contribution in [0, 0.1) is 5.92 Å². The zero-order valence-corrected chi connectivity index (χ0v) is 6.95. The molecule has 3 heteroatoms. The fourth-order valence-electron chi connectivity index (χ4n) is 1.48. The van der Waals surface area contributed by atoms with Gasteiger partial charge in [-0.15, -0.1) is 0 Å². The van der Waals surface area contributed by atoms with Gasteiger partial charge in [-0.2, -0.15) is 0 Å². The summed E-state index contributed by atoms with van der Waals surface area (Å²) in [5.74, 6) is 0.717. The van der Waals surface area contributed by atoms with Gasteiger partial charge in [0, 0.05) is 0 Å². The van der Waals surface area contributed by atoms with Crippen LogP contribution in [-0.2, 0) is 0 Å². The van der Waals surface area contributed by atoms with Gasteiger partial charge in [-0.3, -0.25) is 0 Å². The maximum atomic E-state index is 8.87. The monoisotopic (exact) mass is 159 g/mol. The van der Waals surface area contributed by atoms with Gasteiger partial charge in [0.05, 0.1) is 6.04 Å². The molecule has 1 aliphatic carbocycles. The fourth-order valence-corrected chi connectivity index (χ4v) is 1.48. The smallest absolute Gasteiger partial charge is 0.167 e. The van der Waals surface area contributed by atoms with Gasteiger partial charge < -0.3 is 15.5 Å². The van der Waals surface area contributed by atoms with Crippen LogP contribution in [0.3, 0.4) is 0 Å². The van der Waals surface area contributed by atoms with Crippen LogP contribution in [0.2, 0.25) is 0 Å². The molecule has 66 valence electrons. The van der Waals surface area contributed by atoms with Gasteiger partial charge in [0.15, 0.2) is 6.29 Å². The number of hydrogen-bond acceptors (Lipinski definition) is 3. The average Bonchev–Trinajstić information content (AvgIpc) is 1.85. The van der Waals surface area contributed by atoms with Crippen LogP contribution in [0.5, 0.6) is 0 Å². The molecule has 0 spiro atoms. The summed E-state index contributed by atoms with van der Waals surface area (Å²) in [6, 6.07) is -0.139. The minimum absolute atomic E-state index is 0.139. The second-order valence-electron chi connectivity index (χ2n) is 3.34. The van der Waals surface area contributed by atoms with Crippen molar-refractivity contribution in [3.8, 4) is 0 Å². The van der Waals surface area contributed by atoms with Gasteiger partial charge in [-0.05, 0) is 19.4 Å². The Morgan fingerprint density at radius 1 is 1.45 bits per heavy atom. The molecule has 3 N–H and O–H groups in total. The van der Waals surface area contributed by atoms with Crippen molar-refractivity contribution in [2.75, 3.05) is 7.05 Å². The molecule has 0 amide bonds. The summed E-state index contributed by atoms with van der Waals surface area (Å²) >= 11 is 0. The van der Waals surface area contributed by atoms with Crippen molar-refractivity contribution < 1.29 is 10.2 Å². The molecule has 1 aliphatic rings. The highest BCUT2D eigenvalue weighted by Gasteiger charge is 2.24. The number of likely N-dealkylation sites (N-methyl/N-ethyl adjacent to an activating group) is 1. The van der Waals surface area contributed by atoms with E-state index in [1.807, 2.05) is 0 Å². The predicted octanol–water partition coefficient (Wildman–Crippen LogP) is 0.0753. The summed E-state index contributed by atoms with van der Waals surface area (Å²) in [4.78, 5) is 0. The predicted molar refractivity (Wildman–Crippen MR) is 43.0 cm³/mol. The lowest BCUT2D eigenvalue weighted by molar-refractivity contribution is -0.0723. The number of aliphatic hydroxyl groups is 2. The molecule has 0 aliphatic heterocycles. The minimum Gasteiger partial charge on any atom is -0.367 e. The highest BCUT2D eigenvalue weighted by atomic mass is 16.5. The van der Waals surface area contributed by atoms with E-state index in [-0.39, 0.29) is 6.04 Å². The van der Waals surface area contributed by atoms with Gasteiger partial charge >= 0.3 is 0 Å². The molecular weight excluding hydrogens is 142 g/mol. The quantitative estimate of drug-likeness (QED) is 0.509. The fraction of sp³-hybridized carbons (Fsp3) is 1.00. The van der Waals surface area contributed by atoms with Crippen LogP contribution in [0.4, 0.5) is 0 Å². The van der Waals surface area contributed by atoms with Crippen LogP contribution in [0.25, 0.3) is 0 Å². The number of nitrogens with one attached hydrogen (secondary N) is 1. The molecule has 1 atom stereocenters. The first-order valence-corrected chi connectivity index (χ1v) is 4.27. The van der Waals surface area contributed by atoms with E-state index in [2.05, 4.69) is 5.32 Å². The second-order valence-corrected chi connectivity index (χ2v) is 3.34. The molecule has 0 saturated heterocycles. The summed E-state index contributed by atoms with van der Waals surface area (Å²) < 4.78 is 0. The maximum Gasteiger partial charge on any atom is 0.167 e. The van der Waals surface area contributed by atoms with Crippen LogP contribution in [0.1, 0.15) is 25.7 Å². The Bertz CT molecular complexity index is 113. The van der Waals surface area contributed by atoms with E-state index in [4.69, 9.17) is 10.2 Å². The van der Waals surface area contributed by atoms with Crippen LogP contribution in [0.15, 0.2) is 0 Å². The number of aliphatic hydroxyl groups excluding tert-OH is 1. The van der Waals surface area contributed by atoms with Gasteiger partial charge in [0.25, 0.3) is 0 Å². The van der Waals surface area contributed by atoms with Crippen molar-refractivity contribution in [1.29, 1.82) is 0 Å². The maximum absolute atomic E-state index is 8.87. The summed E-state index contributed by atoms with van der Waals surface area (Å²) in [6.07, 6.45) is 3.51. The highest BCUT2D eigenvalue weighted by Crippen LogP contribution is 2.30. The molecule has 1 fully saturated rings. The van der Waals surface area contributed by atoms with Crippen molar-refractivity contribution in [2.24, 2.45) is 5.92 Å². The molecule has 11 heavy (non-hydrogen) atoms. The van der Waals surface area contributed by atoms with Gasteiger partial charge in [0.2, 0.25) is 0 Å². The van der Waals surface area contributed by atoms with Crippen LogP contribution < -0.4 is 5.32 Å². The second kappa shape index (κ2) is 4.04. The Hall–Kier alpha value is -0.120. The lowest BCUT2D eigenvalue weighted by atomic mass is 9.81. The molecule has 0 bridgehead atoms. The van der Waals surface area contributed by atoms with E-state index in [9.17, 15) is 0 Å². The molecular formula is C8H17NO2. The SMILES string of the molecule is CN[C@@H](CC1CCC1)C(O)O. The lowest BCUT2D eigenvalue weighted by Crippen LogP contribution is -2.40. The van der Waals surface area contributed by atoms with E-state index in [1.165, 1.54) is 19.3 Å². The third kappa shape index (κ3) is 2.43. The van der Waals surface area contributed by atoms with Gasteiger partial charge in [-0.1, -0.05) is 19.3 Å². The van der Waals surface area contributed by atoms with Gasteiger partial charge in [-0.25, -0.2) is 0 Å². The molecule has 0 radical (unpaired) electrons. The molecule has 3 nitrogen and oxygen atoms in total. The Labute approximate surface area is 67.4 Å². The summed E-state index contributed by atoms with van der Waals surface area (Å²) in [5, 5.41) is 20.6. The first-order valence-electron chi connectivity index (χ1n) is 4.27. The van der Waals surface area contributed by atoms with Crippen LogP contribution in [-0.4, -0.2) is 29.6 Å². The van der Waals surface area contributed by atoms with E-state index in [0.717, 1.165) is 6.42 Å². The largest absolute Gasteiger partial charge is 0.367 e. The molecule has 1 rings (SSSR count). The third-order valence-electron chi connectivity index (χ3n) is 2.54. The zero-order chi connectivity index (χ0) is 8.27. The van der Waals surface area contributed by atoms with Crippen molar-refractivity contribution in [3.63, 3.8) is 0 Å². The Morgan fingerprint density at radius 3 is 2.36 bits per heavy atom. The zero-order valence-electron chi connectivity index (χ0n) is 6.95. The topological polar surface area (TPSA) is 52.5 Å². The average molecular weight is 159 g/mol. The highest BCUT2D eigenvalue weighted by molar-refractivity contribution is 4.77. The van der Waals surface area contributed by atoms with Crippen molar-refractivity contribution >= 4 is 0 Å². The number of hydrogen-bond donors (Lipinski definition) is 3. The molecule has 0 unspecified atom stereocenters.